The Balaban J connectivity index is 1.60. The summed E-state index contributed by atoms with van der Waals surface area (Å²) in [6.07, 6.45) is 1.90. The third kappa shape index (κ3) is 4.51. The minimum absolute atomic E-state index is 0.0310. The summed E-state index contributed by atoms with van der Waals surface area (Å²) in [4.78, 5) is 26.9. The number of aromatic nitrogens is 1. The molecule has 0 saturated heterocycles. The molecule has 0 spiro atoms. The number of carbonyl (C=O) groups excluding carboxylic acids is 2. The number of hydrogen-bond donors (Lipinski definition) is 1. The summed E-state index contributed by atoms with van der Waals surface area (Å²) < 4.78 is 1.92. The van der Waals surface area contributed by atoms with Gasteiger partial charge in [0.2, 0.25) is 11.8 Å². The predicted molar refractivity (Wildman–Crippen MR) is 124 cm³/mol. The van der Waals surface area contributed by atoms with Crippen LogP contribution in [0, 0.1) is 0 Å². The van der Waals surface area contributed by atoms with Crippen molar-refractivity contribution in [3.05, 3.63) is 102 Å². The fourth-order valence-corrected chi connectivity index (χ4v) is 3.70. The zero-order valence-corrected chi connectivity index (χ0v) is 17.7. The van der Waals surface area contributed by atoms with E-state index in [9.17, 15) is 9.59 Å². The normalized spacial score (nSPS) is 10.9. The molecule has 0 radical (unpaired) electrons. The maximum atomic E-state index is 13.3. The summed E-state index contributed by atoms with van der Waals surface area (Å²) >= 11 is 0. The summed E-state index contributed by atoms with van der Waals surface area (Å²) in [7, 11) is 3.50. The summed E-state index contributed by atoms with van der Waals surface area (Å²) in [5, 5.41) is 4.05. The number of rotatable bonds is 6. The molecule has 31 heavy (non-hydrogen) atoms. The number of fused-ring (bicyclic) bond motifs is 1. The van der Waals surface area contributed by atoms with Crippen molar-refractivity contribution in [3.63, 3.8) is 0 Å². The quantitative estimate of drug-likeness (QED) is 0.508. The van der Waals surface area contributed by atoms with Gasteiger partial charge in [-0.15, -0.1) is 0 Å². The number of likely N-dealkylation sites (N-methyl/N-ethyl adjacent to an activating group) is 1. The van der Waals surface area contributed by atoms with Gasteiger partial charge in [0.05, 0.1) is 5.92 Å². The smallest absolute Gasteiger partial charge is 0.241 e. The Bertz CT molecular complexity index is 1160. The fraction of sp³-hybridized carbons (Fsp3) is 0.154. The van der Waals surface area contributed by atoms with Crippen LogP contribution in [0.5, 0.6) is 0 Å². The van der Waals surface area contributed by atoms with Crippen LogP contribution in [0.25, 0.3) is 10.9 Å². The first kappa shape index (κ1) is 20.4. The van der Waals surface area contributed by atoms with E-state index in [1.165, 1.54) is 0 Å². The number of anilines is 1. The molecule has 0 aliphatic carbocycles. The van der Waals surface area contributed by atoms with Crippen molar-refractivity contribution in [3.8, 4) is 0 Å². The zero-order chi connectivity index (χ0) is 21.8. The third-order valence-corrected chi connectivity index (χ3v) is 5.37. The van der Waals surface area contributed by atoms with Gasteiger partial charge >= 0.3 is 0 Å². The van der Waals surface area contributed by atoms with Crippen molar-refractivity contribution >= 4 is 28.4 Å². The van der Waals surface area contributed by atoms with Crippen LogP contribution in [-0.4, -0.2) is 35.4 Å². The maximum absolute atomic E-state index is 13.3. The van der Waals surface area contributed by atoms with Crippen LogP contribution in [-0.2, 0) is 16.1 Å². The number of hydrogen-bond acceptors (Lipinski definition) is 2. The largest absolute Gasteiger partial charge is 0.347 e. The first-order valence-electron chi connectivity index (χ1n) is 10.2. The summed E-state index contributed by atoms with van der Waals surface area (Å²) in [6, 6.07) is 27.3. The van der Waals surface area contributed by atoms with E-state index < -0.39 is 5.92 Å². The van der Waals surface area contributed by atoms with Crippen LogP contribution in [0.1, 0.15) is 17.0 Å². The lowest BCUT2D eigenvalue weighted by atomic mass is 9.90. The molecular weight excluding hydrogens is 386 g/mol. The number of amides is 2. The highest BCUT2D eigenvalue weighted by molar-refractivity contribution is 5.99. The predicted octanol–water partition coefficient (Wildman–Crippen LogP) is 4.50. The van der Waals surface area contributed by atoms with Gasteiger partial charge in [0.1, 0.15) is 6.54 Å². The van der Waals surface area contributed by atoms with E-state index in [-0.39, 0.29) is 18.4 Å². The van der Waals surface area contributed by atoms with Crippen molar-refractivity contribution in [2.75, 3.05) is 19.4 Å². The second-order valence-electron chi connectivity index (χ2n) is 7.75. The second-order valence-corrected chi connectivity index (χ2v) is 7.75. The molecule has 1 heterocycles. The van der Waals surface area contributed by atoms with E-state index in [1.807, 2.05) is 95.7 Å². The van der Waals surface area contributed by atoms with Crippen molar-refractivity contribution in [2.45, 2.75) is 12.5 Å². The molecule has 1 aromatic heterocycles. The molecule has 1 N–H and O–H groups in total. The van der Waals surface area contributed by atoms with Crippen LogP contribution in [0.15, 0.2) is 91.1 Å². The van der Waals surface area contributed by atoms with Crippen LogP contribution in [0.4, 0.5) is 5.69 Å². The van der Waals surface area contributed by atoms with E-state index in [2.05, 4.69) is 5.32 Å². The van der Waals surface area contributed by atoms with E-state index in [4.69, 9.17) is 0 Å². The molecule has 2 amide bonds. The highest BCUT2D eigenvalue weighted by atomic mass is 16.2. The number of nitrogens with zero attached hydrogens (tertiary/aromatic N) is 2. The molecule has 156 valence electrons. The number of benzene rings is 3. The molecule has 0 saturated carbocycles. The van der Waals surface area contributed by atoms with Gasteiger partial charge in [-0.25, -0.2) is 0 Å². The van der Waals surface area contributed by atoms with Crippen LogP contribution >= 0.6 is 0 Å². The first-order valence-corrected chi connectivity index (χ1v) is 10.2. The Morgan fingerprint density at radius 2 is 1.48 bits per heavy atom. The lowest BCUT2D eigenvalue weighted by molar-refractivity contribution is -0.129. The monoisotopic (exact) mass is 411 g/mol. The van der Waals surface area contributed by atoms with Crippen molar-refractivity contribution in [1.82, 2.24) is 9.47 Å². The van der Waals surface area contributed by atoms with Gasteiger partial charge in [0.25, 0.3) is 0 Å². The fourth-order valence-electron chi connectivity index (χ4n) is 3.70. The van der Waals surface area contributed by atoms with Gasteiger partial charge in [-0.1, -0.05) is 60.7 Å². The van der Waals surface area contributed by atoms with Gasteiger partial charge in [0, 0.05) is 36.9 Å². The maximum Gasteiger partial charge on any atom is 0.241 e. The summed E-state index contributed by atoms with van der Waals surface area (Å²) in [6.45, 7) is 0.284. The molecule has 0 unspecified atom stereocenters. The van der Waals surface area contributed by atoms with E-state index in [1.54, 1.807) is 19.0 Å². The SMILES string of the molecule is CN(C)C(=O)Cn1ccc2cc(NC(=O)C(c3ccccc3)c3ccccc3)ccc21. The number of nitrogens with one attached hydrogen (secondary N) is 1. The lowest BCUT2D eigenvalue weighted by Gasteiger charge is -2.18. The van der Waals surface area contributed by atoms with Crippen LogP contribution in [0.3, 0.4) is 0 Å². The Morgan fingerprint density at radius 3 is 2.06 bits per heavy atom. The van der Waals surface area contributed by atoms with Crippen molar-refractivity contribution < 1.29 is 9.59 Å². The molecule has 0 bridgehead atoms. The van der Waals surface area contributed by atoms with Gasteiger partial charge in [-0.3, -0.25) is 9.59 Å². The average Bonchev–Trinajstić information content (AvgIpc) is 3.17. The standard InChI is InChI=1S/C26H25N3O2/c1-28(2)24(30)18-29-16-15-21-17-22(13-14-23(21)29)27-26(31)25(19-9-5-3-6-10-19)20-11-7-4-8-12-20/h3-17,25H,18H2,1-2H3,(H,27,31). The van der Waals surface area contributed by atoms with Gasteiger partial charge in [-0.2, -0.15) is 0 Å². The molecule has 3 aromatic carbocycles. The number of carbonyl (C=O) groups is 2. The highest BCUT2D eigenvalue weighted by Gasteiger charge is 2.22. The third-order valence-electron chi connectivity index (χ3n) is 5.37. The molecular formula is C26H25N3O2. The van der Waals surface area contributed by atoms with Gasteiger partial charge in [-0.05, 0) is 35.4 Å². The lowest BCUT2D eigenvalue weighted by Crippen LogP contribution is -2.25. The minimum Gasteiger partial charge on any atom is -0.347 e. The molecule has 0 aliphatic rings. The van der Waals surface area contributed by atoms with Crippen LogP contribution < -0.4 is 5.32 Å². The van der Waals surface area contributed by atoms with Crippen molar-refractivity contribution in [1.29, 1.82) is 0 Å². The van der Waals surface area contributed by atoms with E-state index in [0.717, 1.165) is 27.7 Å². The second kappa shape index (κ2) is 8.88. The summed E-state index contributed by atoms with van der Waals surface area (Å²) in [5.41, 5.74) is 3.57. The molecule has 4 aromatic rings. The minimum atomic E-state index is -0.402. The molecule has 0 atom stereocenters. The first-order chi connectivity index (χ1) is 15.0. The Labute approximate surface area is 181 Å². The molecule has 5 heteroatoms. The Morgan fingerprint density at radius 1 is 0.871 bits per heavy atom. The zero-order valence-electron chi connectivity index (χ0n) is 17.7. The summed E-state index contributed by atoms with van der Waals surface area (Å²) in [5.74, 6) is -0.456. The Kier molecular flexibility index (Phi) is 5.85. The topological polar surface area (TPSA) is 54.3 Å². The molecule has 5 nitrogen and oxygen atoms in total. The van der Waals surface area contributed by atoms with Crippen LogP contribution in [0.2, 0.25) is 0 Å². The molecule has 4 rings (SSSR count). The average molecular weight is 412 g/mol. The molecule has 0 aliphatic heterocycles. The van der Waals surface area contributed by atoms with E-state index in [0.29, 0.717) is 0 Å². The van der Waals surface area contributed by atoms with Crippen molar-refractivity contribution in [2.24, 2.45) is 0 Å². The van der Waals surface area contributed by atoms with Gasteiger partial charge in [0.15, 0.2) is 0 Å². The van der Waals surface area contributed by atoms with Gasteiger partial charge < -0.3 is 14.8 Å². The van der Waals surface area contributed by atoms with E-state index >= 15 is 0 Å². The molecule has 0 fully saturated rings. The highest BCUT2D eigenvalue weighted by Crippen LogP contribution is 2.27. The Hall–Kier alpha value is -3.86.